The van der Waals surface area contributed by atoms with E-state index in [0.717, 1.165) is 87.7 Å². The molecule has 0 unspecified atom stereocenters. The van der Waals surface area contributed by atoms with Gasteiger partial charge in [-0.05, 0) is 262 Å². The zero-order valence-electron chi connectivity index (χ0n) is 65.9. The van der Waals surface area contributed by atoms with Crippen molar-refractivity contribution >= 4 is 47.8 Å². The maximum Gasteiger partial charge on any atom is 0.343 e. The second-order valence-corrected chi connectivity index (χ2v) is 25.4. The third-order valence-corrected chi connectivity index (χ3v) is 16.5. The van der Waals surface area contributed by atoms with Crippen LogP contribution >= 0.6 is 0 Å². The average Bonchev–Trinajstić information content (AvgIpc) is 0.844. The van der Waals surface area contributed by atoms with E-state index in [2.05, 4.69) is 118 Å². The van der Waals surface area contributed by atoms with E-state index in [-0.39, 0.29) is 46.4 Å². The monoisotopic (exact) mass is 1600 g/mol. The van der Waals surface area contributed by atoms with Crippen molar-refractivity contribution in [2.75, 3.05) is 52.9 Å². The van der Waals surface area contributed by atoms with E-state index in [9.17, 15) is 38.4 Å². The standard InChI is InChI=1S/C37H28O8.C33H32O10.C26H34O3.7H2/c1-3-5-6-7-8-11-26-41-31-18-14-29(15-19-31)36(39)44-33-22-24-34(25-23-33)45-37(40)30-16-20-32(21-17-30)42-27-12-9-10-13-28-43-35(38)4-2;1-4-30(34)40-20-6-18-38-26-12-8-24(9-13-26)32(36)42-28-16-17-29(23(3)22-28)43-33(37)25-10-14-27(15-11-25)39-19-7-21-41-31(35)5-2;1-4-21(3)20-22-10-12-23(13-11-22)24-14-16-25(17-15-24)28-18-8-6-7-9-19-29-26(27)5-2;;;;;;;/h1,4,14-25H,2,9-10,12-13,27-28H2;4-5,8-17,22H,1-2,6-7,18-21H2,3H3;5,10-17,21H,2,4,6-9,18-20H2,1,3H3;7*1H/t;;21-;;;;;;;/m..0......./s1. The van der Waals surface area contributed by atoms with Gasteiger partial charge in [0.15, 0.2) is 0 Å². The molecule has 0 saturated heterocycles. The number of hydrogen-bond acceptors (Lipinski definition) is 21. The topological polar surface area (TPSA) is 257 Å². The molecule has 0 spiro atoms. The third kappa shape index (κ3) is 36.8. The van der Waals surface area contributed by atoms with E-state index in [4.69, 9.17) is 68.0 Å². The molecular formula is C96H108O21. The molecule has 117 heavy (non-hydrogen) atoms. The van der Waals surface area contributed by atoms with Gasteiger partial charge in [-0.2, -0.15) is 0 Å². The summed E-state index contributed by atoms with van der Waals surface area (Å²) in [5.74, 6) is 15.3. The second kappa shape index (κ2) is 53.6. The molecule has 8 aromatic rings. The van der Waals surface area contributed by atoms with Crippen LogP contribution in [0.25, 0.3) is 11.1 Å². The average molecular weight is 1600 g/mol. The molecule has 0 N–H and O–H groups in total. The summed E-state index contributed by atoms with van der Waals surface area (Å²) in [6.45, 7) is 22.8. The highest BCUT2D eigenvalue weighted by Gasteiger charge is 2.17. The van der Waals surface area contributed by atoms with Gasteiger partial charge in [0.05, 0.1) is 75.1 Å². The quantitative estimate of drug-likeness (QED) is 0.00859. The van der Waals surface area contributed by atoms with Crippen molar-refractivity contribution in [3.63, 3.8) is 0 Å². The molecule has 1 atom stereocenters. The molecule has 21 nitrogen and oxygen atoms in total. The summed E-state index contributed by atoms with van der Waals surface area (Å²) in [7, 11) is 0. The first kappa shape index (κ1) is 91.6. The zero-order valence-corrected chi connectivity index (χ0v) is 65.9. The Labute approximate surface area is 694 Å². The highest BCUT2D eigenvalue weighted by Crippen LogP contribution is 2.29. The van der Waals surface area contributed by atoms with Gasteiger partial charge in [-0.3, -0.25) is 0 Å². The summed E-state index contributed by atoms with van der Waals surface area (Å²) in [6.07, 6.45) is 22.8. The Balaban J connectivity index is 0. The third-order valence-electron chi connectivity index (χ3n) is 16.5. The van der Waals surface area contributed by atoms with Crippen molar-refractivity contribution in [3.05, 3.63) is 272 Å². The smallest absolute Gasteiger partial charge is 0.343 e. The van der Waals surface area contributed by atoms with E-state index in [1.165, 1.54) is 71.7 Å². The maximum absolute atomic E-state index is 12.6. The Hall–Kier alpha value is -14.3. The van der Waals surface area contributed by atoms with Crippen LogP contribution in [0.2, 0.25) is 0 Å². The summed E-state index contributed by atoms with van der Waals surface area (Å²) in [5, 5.41) is 0. The lowest BCUT2D eigenvalue weighted by atomic mass is 9.97. The van der Waals surface area contributed by atoms with Crippen molar-refractivity contribution in [1.82, 2.24) is 0 Å². The van der Waals surface area contributed by atoms with Gasteiger partial charge < -0.3 is 61.6 Å². The molecule has 8 rings (SSSR count). The number of hydrogen-bond donors (Lipinski definition) is 0. The molecule has 0 heterocycles. The number of carbonyl (C=O) groups is 8. The molecule has 0 aliphatic heterocycles. The van der Waals surface area contributed by atoms with Crippen LogP contribution in [0.3, 0.4) is 0 Å². The minimum Gasteiger partial charge on any atom is -0.494 e. The minimum atomic E-state index is -0.579. The molecule has 21 heteroatoms. The second-order valence-electron chi connectivity index (χ2n) is 25.4. The molecule has 8 aromatic carbocycles. The van der Waals surface area contributed by atoms with Crippen molar-refractivity contribution in [2.45, 2.75) is 97.8 Å². The van der Waals surface area contributed by atoms with Crippen LogP contribution in [0.5, 0.6) is 51.7 Å². The lowest BCUT2D eigenvalue weighted by molar-refractivity contribution is -0.138. The fourth-order valence-electron chi connectivity index (χ4n) is 10.0. The fraction of sp³-hybridized carbons (Fsp3) is 0.250. The van der Waals surface area contributed by atoms with Gasteiger partial charge in [0.25, 0.3) is 0 Å². The van der Waals surface area contributed by atoms with E-state index in [1.807, 2.05) is 12.1 Å². The van der Waals surface area contributed by atoms with E-state index in [1.54, 1.807) is 104 Å². The van der Waals surface area contributed by atoms with E-state index < -0.39 is 41.8 Å². The number of ether oxygens (including phenoxy) is 13. The van der Waals surface area contributed by atoms with Crippen LogP contribution < -0.4 is 42.6 Å². The van der Waals surface area contributed by atoms with Crippen molar-refractivity contribution in [2.24, 2.45) is 5.92 Å². The predicted molar refractivity (Wildman–Crippen MR) is 459 cm³/mol. The number of rotatable bonds is 43. The summed E-state index contributed by atoms with van der Waals surface area (Å²) in [5.41, 5.74) is 5.75. The number of unbranched alkanes of at least 4 members (excludes halogenated alkanes) is 6. The number of carbonyl (C=O) groups excluding carboxylic acids is 8. The molecule has 0 saturated carbocycles. The van der Waals surface area contributed by atoms with Crippen molar-refractivity contribution < 1.29 is 110 Å². The van der Waals surface area contributed by atoms with Crippen LogP contribution in [-0.4, -0.2) is 101 Å². The van der Waals surface area contributed by atoms with Gasteiger partial charge in [0.2, 0.25) is 0 Å². The Bertz CT molecular complexity index is 4830. The highest BCUT2D eigenvalue weighted by atomic mass is 16.6. The molecule has 0 amide bonds. The first-order valence-corrected chi connectivity index (χ1v) is 37.9. The van der Waals surface area contributed by atoms with E-state index >= 15 is 0 Å². The highest BCUT2D eigenvalue weighted by molar-refractivity contribution is 5.93. The lowest BCUT2D eigenvalue weighted by Gasteiger charge is -2.11. The van der Waals surface area contributed by atoms with Gasteiger partial charge in [-0.1, -0.05) is 83.0 Å². The number of benzene rings is 8. The normalized spacial score (nSPS) is 10.2. The number of esters is 8. The maximum atomic E-state index is 12.6. The van der Waals surface area contributed by atoms with E-state index in [0.29, 0.717) is 109 Å². The summed E-state index contributed by atoms with van der Waals surface area (Å²) in [6, 6.07) is 53.7. The minimum absolute atomic E-state index is 0. The zero-order chi connectivity index (χ0) is 84.0. The van der Waals surface area contributed by atoms with Crippen molar-refractivity contribution in [3.8, 4) is 111 Å². The van der Waals surface area contributed by atoms with Gasteiger partial charge in [-0.25, -0.2) is 38.4 Å². The van der Waals surface area contributed by atoms with Crippen LogP contribution in [0.1, 0.15) is 147 Å². The molecule has 0 aromatic heterocycles. The Morgan fingerprint density at radius 3 is 1.04 bits per heavy atom. The van der Waals surface area contributed by atoms with Gasteiger partial charge in [0, 0.05) is 64.9 Å². The molecule has 0 aliphatic carbocycles. The predicted octanol–water partition coefficient (Wildman–Crippen LogP) is 19.5. The fourth-order valence-corrected chi connectivity index (χ4v) is 10.0. The number of aryl methyl sites for hydroxylation is 1. The van der Waals surface area contributed by atoms with Crippen molar-refractivity contribution in [1.29, 1.82) is 0 Å². The molecular weight excluding hydrogens is 1490 g/mol. The Morgan fingerprint density at radius 2 is 0.667 bits per heavy atom. The van der Waals surface area contributed by atoms with Gasteiger partial charge in [-0.15, -0.1) is 6.42 Å². The Kier molecular flexibility index (Phi) is 42.0. The largest absolute Gasteiger partial charge is 0.494 e. The Morgan fingerprint density at radius 1 is 0.359 bits per heavy atom. The molecule has 0 aliphatic rings. The summed E-state index contributed by atoms with van der Waals surface area (Å²) >= 11 is 0. The van der Waals surface area contributed by atoms with Gasteiger partial charge in [0.1, 0.15) is 57.9 Å². The first-order valence-electron chi connectivity index (χ1n) is 37.9. The first-order chi connectivity index (χ1) is 56.9. The van der Waals surface area contributed by atoms with Gasteiger partial charge >= 0.3 is 47.8 Å². The van der Waals surface area contributed by atoms with Crippen LogP contribution in [0.15, 0.2) is 239 Å². The molecule has 618 valence electrons. The summed E-state index contributed by atoms with van der Waals surface area (Å²) in [4.78, 5) is 94.3. The van der Waals surface area contributed by atoms with Crippen LogP contribution in [0.4, 0.5) is 0 Å². The molecule has 0 radical (unpaired) electrons. The summed E-state index contributed by atoms with van der Waals surface area (Å²) < 4.78 is 69.4. The lowest BCUT2D eigenvalue weighted by Crippen LogP contribution is -2.11. The molecule has 0 bridgehead atoms. The SMILES string of the molecule is C#CC#CC#CC#COc1ccc(C(=O)Oc2ccc(OC(=O)c3ccc(OCCCCCCOC(=O)C=C)cc3)cc2)cc1.C=CC(=O)OCCCCCCOc1ccc(-c2ccc(C[C@@H](C)CC)cc2)cc1.C=CC(=O)OCCCOc1ccc(C(=O)Oc2ccc(OC(=O)c3ccc(OCCCOC(=O)C=C)cc3)c(C)c2)cc1.[HH].[HH].[HH].[HH].[HH].[HH].[HH]. The molecule has 0 fully saturated rings. The van der Waals surface area contributed by atoms with Crippen LogP contribution in [-0.2, 0) is 44.5 Å². The van der Waals surface area contributed by atoms with Crippen LogP contribution in [0, 0.1) is 60.9 Å². The number of terminal acetylenes is 1.